The maximum absolute atomic E-state index is 14.0. The number of carbonyl (C=O) groups excluding carboxylic acids is 1. The minimum Gasteiger partial charge on any atom is -0.444 e. The lowest BCUT2D eigenvalue weighted by molar-refractivity contribution is -0.136. The zero-order valence-corrected chi connectivity index (χ0v) is 17.9. The van der Waals surface area contributed by atoms with Crippen molar-refractivity contribution in [3.63, 3.8) is 0 Å². The highest BCUT2D eigenvalue weighted by molar-refractivity contribution is 5.92. The van der Waals surface area contributed by atoms with Crippen molar-refractivity contribution in [2.45, 2.75) is 32.0 Å². The summed E-state index contributed by atoms with van der Waals surface area (Å²) in [5.74, 6) is 0.194. The maximum atomic E-state index is 14.0. The van der Waals surface area contributed by atoms with E-state index in [9.17, 15) is 18.0 Å². The molecule has 174 valence electrons. The summed E-state index contributed by atoms with van der Waals surface area (Å²) in [6.45, 7) is -0.0626. The Labute approximate surface area is 192 Å². The Bertz CT molecular complexity index is 1380. The van der Waals surface area contributed by atoms with Gasteiger partial charge in [-0.1, -0.05) is 30.3 Å². The first-order chi connectivity index (χ1) is 16.3. The van der Waals surface area contributed by atoms with Gasteiger partial charge in [0.1, 0.15) is 18.5 Å². The molecule has 1 aliphatic rings. The number of nitrogens with zero attached hydrogens (tertiary/aromatic N) is 3. The van der Waals surface area contributed by atoms with Crippen molar-refractivity contribution in [3.8, 4) is 5.69 Å². The van der Waals surface area contributed by atoms with Crippen molar-refractivity contribution < 1.29 is 22.7 Å². The molecule has 0 unspecified atom stereocenters. The molecule has 7 nitrogen and oxygen atoms in total. The van der Waals surface area contributed by atoms with E-state index in [4.69, 9.17) is 10.5 Å². The minimum atomic E-state index is -4.72. The van der Waals surface area contributed by atoms with Crippen molar-refractivity contribution in [2.24, 2.45) is 0 Å². The van der Waals surface area contributed by atoms with Gasteiger partial charge in [-0.2, -0.15) is 13.2 Å². The Balaban J connectivity index is 1.51. The van der Waals surface area contributed by atoms with Gasteiger partial charge in [-0.15, -0.1) is 0 Å². The van der Waals surface area contributed by atoms with Crippen LogP contribution in [-0.2, 0) is 30.4 Å². The molecule has 0 saturated carbocycles. The van der Waals surface area contributed by atoms with E-state index < -0.39 is 23.5 Å². The van der Waals surface area contributed by atoms with E-state index in [-0.39, 0.29) is 18.1 Å². The molecule has 0 aliphatic heterocycles. The highest BCUT2D eigenvalue weighted by Gasteiger charge is 2.35. The Morgan fingerprint density at radius 1 is 1.12 bits per heavy atom. The number of hydrogen-bond acceptors (Lipinski definition) is 5. The van der Waals surface area contributed by atoms with Crippen LogP contribution in [0.15, 0.2) is 54.9 Å². The third kappa shape index (κ3) is 3.91. The third-order valence-electron chi connectivity index (χ3n) is 5.83. The lowest BCUT2D eigenvalue weighted by atomic mass is 10.1. The highest BCUT2D eigenvalue weighted by atomic mass is 19.4. The van der Waals surface area contributed by atoms with Crippen molar-refractivity contribution in [1.29, 1.82) is 0 Å². The van der Waals surface area contributed by atoms with Gasteiger partial charge in [0.25, 0.3) is 0 Å². The summed E-state index contributed by atoms with van der Waals surface area (Å²) in [6.07, 6.45) is -2.00. The van der Waals surface area contributed by atoms with Crippen LogP contribution >= 0.6 is 0 Å². The second-order valence-electron chi connectivity index (χ2n) is 7.98. The molecule has 0 fully saturated rings. The predicted octanol–water partition coefficient (Wildman–Crippen LogP) is 5.26. The molecule has 10 heteroatoms. The van der Waals surface area contributed by atoms with E-state index in [1.165, 1.54) is 18.5 Å². The van der Waals surface area contributed by atoms with Gasteiger partial charge in [0.15, 0.2) is 5.82 Å². The van der Waals surface area contributed by atoms with Crippen LogP contribution in [0.2, 0.25) is 0 Å². The number of ether oxygens (including phenoxy) is 1. The number of aryl methyl sites for hydroxylation is 1. The summed E-state index contributed by atoms with van der Waals surface area (Å²) < 4.78 is 48.7. The van der Waals surface area contributed by atoms with Crippen molar-refractivity contribution >= 4 is 28.6 Å². The molecule has 3 N–H and O–H groups in total. The first-order valence-electron chi connectivity index (χ1n) is 10.6. The third-order valence-corrected chi connectivity index (χ3v) is 5.83. The first kappa shape index (κ1) is 21.7. The van der Waals surface area contributed by atoms with Crippen LogP contribution in [-0.4, -0.2) is 20.6 Å². The predicted molar refractivity (Wildman–Crippen MR) is 121 cm³/mol. The smallest absolute Gasteiger partial charge is 0.418 e. The summed E-state index contributed by atoms with van der Waals surface area (Å²) in [7, 11) is 0. The van der Waals surface area contributed by atoms with E-state index in [1.54, 1.807) is 28.8 Å². The van der Waals surface area contributed by atoms with Gasteiger partial charge in [-0.25, -0.2) is 14.8 Å². The van der Waals surface area contributed by atoms with Gasteiger partial charge in [-0.3, -0.25) is 5.32 Å². The van der Waals surface area contributed by atoms with Crippen LogP contribution in [0.3, 0.4) is 0 Å². The zero-order chi connectivity index (χ0) is 23.9. The summed E-state index contributed by atoms with van der Waals surface area (Å²) >= 11 is 0. The van der Waals surface area contributed by atoms with Gasteiger partial charge in [0.2, 0.25) is 0 Å². The Morgan fingerprint density at radius 3 is 2.68 bits per heavy atom. The average molecular weight is 467 g/mol. The molecule has 0 spiro atoms. The number of rotatable bonds is 4. The second kappa shape index (κ2) is 8.36. The van der Waals surface area contributed by atoms with Crippen molar-refractivity contribution in [3.05, 3.63) is 77.2 Å². The summed E-state index contributed by atoms with van der Waals surface area (Å²) in [4.78, 5) is 20.6. The standard InChI is InChI=1S/C24H20F3N5O2/c25-24(26,27)17-11-15(9-10-18(17)31-23(33)34-12-14-5-2-1-3-6-14)32-19-8-4-7-16(19)20-21(32)22(28)30-13-29-20/h1-3,5-6,9-11,13H,4,7-8,12H2,(H,31,33)(H2,28,29,30). The number of aromatic nitrogens is 3. The number of fused-ring (bicyclic) bond motifs is 3. The van der Waals surface area contributed by atoms with Gasteiger partial charge < -0.3 is 15.0 Å². The number of hydrogen-bond donors (Lipinski definition) is 2. The van der Waals surface area contributed by atoms with E-state index in [0.717, 1.165) is 35.7 Å². The molecule has 5 rings (SSSR count). The molecule has 0 atom stereocenters. The topological polar surface area (TPSA) is 95.1 Å². The summed E-state index contributed by atoms with van der Waals surface area (Å²) in [6, 6.07) is 12.6. The van der Waals surface area contributed by atoms with Gasteiger partial charge in [-0.05, 0) is 48.6 Å². The fourth-order valence-electron chi connectivity index (χ4n) is 4.37. The lowest BCUT2D eigenvalue weighted by Gasteiger charge is -2.17. The average Bonchev–Trinajstić information content (AvgIpc) is 3.40. The quantitative estimate of drug-likeness (QED) is 0.427. The molecule has 34 heavy (non-hydrogen) atoms. The number of benzene rings is 2. The molecule has 0 radical (unpaired) electrons. The first-order valence-corrected chi connectivity index (χ1v) is 10.6. The maximum Gasteiger partial charge on any atom is 0.418 e. The van der Waals surface area contributed by atoms with Crippen LogP contribution in [0.25, 0.3) is 16.7 Å². The number of nitrogens with two attached hydrogens (primary N) is 1. The molecule has 0 saturated heterocycles. The number of anilines is 2. The number of halogens is 3. The van der Waals surface area contributed by atoms with E-state index in [2.05, 4.69) is 15.3 Å². The van der Waals surface area contributed by atoms with Crippen molar-refractivity contribution in [1.82, 2.24) is 14.5 Å². The van der Waals surface area contributed by atoms with Crippen LogP contribution in [0.4, 0.5) is 29.5 Å². The molecule has 0 bridgehead atoms. The largest absolute Gasteiger partial charge is 0.444 e. The van der Waals surface area contributed by atoms with Gasteiger partial charge in [0.05, 0.1) is 16.8 Å². The summed E-state index contributed by atoms with van der Waals surface area (Å²) in [5.41, 5.74) is 8.68. The van der Waals surface area contributed by atoms with E-state index >= 15 is 0 Å². The van der Waals surface area contributed by atoms with Gasteiger partial charge in [0, 0.05) is 11.4 Å². The van der Waals surface area contributed by atoms with Crippen LogP contribution in [0, 0.1) is 0 Å². The zero-order valence-electron chi connectivity index (χ0n) is 17.9. The number of alkyl halides is 3. The Kier molecular flexibility index (Phi) is 5.35. The number of amides is 1. The molecule has 1 amide bonds. The summed E-state index contributed by atoms with van der Waals surface area (Å²) in [5, 5.41) is 2.22. The SMILES string of the molecule is Nc1ncnc2c3c(n(-c4ccc(NC(=O)OCc5ccccc5)c(C(F)(F)F)c4)c12)CCC3. The molecule has 2 heterocycles. The fraction of sp³-hybridized carbons (Fsp3) is 0.208. The lowest BCUT2D eigenvalue weighted by Crippen LogP contribution is -2.18. The minimum absolute atomic E-state index is 0.0626. The number of nitrogen functional groups attached to an aromatic ring is 1. The fourth-order valence-corrected chi connectivity index (χ4v) is 4.37. The molecular formula is C24H20F3N5O2. The van der Waals surface area contributed by atoms with Gasteiger partial charge >= 0.3 is 12.3 Å². The molecule has 1 aliphatic carbocycles. The monoisotopic (exact) mass is 467 g/mol. The number of nitrogens with one attached hydrogen (secondary N) is 1. The Morgan fingerprint density at radius 2 is 1.91 bits per heavy atom. The van der Waals surface area contributed by atoms with E-state index in [1.807, 2.05) is 6.07 Å². The van der Waals surface area contributed by atoms with Crippen LogP contribution in [0.5, 0.6) is 0 Å². The molecule has 4 aromatic rings. The number of carbonyl (C=O) groups is 1. The normalized spacial score (nSPS) is 13.1. The van der Waals surface area contributed by atoms with Crippen molar-refractivity contribution in [2.75, 3.05) is 11.1 Å². The molecule has 2 aromatic carbocycles. The van der Waals surface area contributed by atoms with Crippen LogP contribution < -0.4 is 11.1 Å². The molecule has 2 aromatic heterocycles. The molecular weight excluding hydrogens is 447 g/mol. The highest BCUT2D eigenvalue weighted by Crippen LogP contribution is 2.40. The van der Waals surface area contributed by atoms with Crippen LogP contribution in [0.1, 0.15) is 28.8 Å². The van der Waals surface area contributed by atoms with E-state index in [0.29, 0.717) is 17.5 Å². The Hall–Kier alpha value is -4.08. The second-order valence-corrected chi connectivity index (χ2v) is 7.98.